The number of carbonyl (C=O) groups is 1. The molecule has 1 aromatic heterocycles. The highest BCUT2D eigenvalue weighted by molar-refractivity contribution is 7.98. The summed E-state index contributed by atoms with van der Waals surface area (Å²) in [6, 6.07) is 16.0. The minimum absolute atomic E-state index is 0.0520. The topological polar surface area (TPSA) is 42.4 Å². The fraction of sp³-hybridized carbons (Fsp3) is 0.217. The van der Waals surface area contributed by atoms with Gasteiger partial charge in [0.05, 0.1) is 10.7 Å². The summed E-state index contributed by atoms with van der Waals surface area (Å²) in [6.45, 7) is 2.96. The third-order valence-electron chi connectivity index (χ3n) is 4.32. The van der Waals surface area contributed by atoms with Gasteiger partial charge in [0.25, 0.3) is 0 Å². The lowest BCUT2D eigenvalue weighted by atomic mass is 10.1. The Bertz CT molecular complexity index is 981. The molecule has 0 atom stereocenters. The smallest absolute Gasteiger partial charge is 0.246 e. The highest BCUT2D eigenvalue weighted by Crippen LogP contribution is 2.21. The van der Waals surface area contributed by atoms with Crippen molar-refractivity contribution in [2.75, 3.05) is 13.3 Å². The van der Waals surface area contributed by atoms with E-state index in [1.165, 1.54) is 4.90 Å². The first-order chi connectivity index (χ1) is 14.0. The SMILES string of the molecule is CSc1ccc(CN(C)C(=O)/C=C/c2ccccc2OCc2csc(C)n2)cc1. The number of benzene rings is 2. The standard InChI is InChI=1S/C23H24N2O2S2/c1-17-24-20(16-29-17)15-27-22-7-5-4-6-19(22)10-13-23(26)25(2)14-18-8-11-21(28-3)12-9-18/h4-13,16H,14-15H2,1-3H3/b13-10+. The Morgan fingerprint density at radius 3 is 2.66 bits per heavy atom. The second-order valence-corrected chi connectivity index (χ2v) is 8.50. The Morgan fingerprint density at radius 2 is 1.97 bits per heavy atom. The van der Waals surface area contributed by atoms with E-state index in [4.69, 9.17) is 4.74 Å². The molecule has 0 spiro atoms. The number of aryl methyl sites for hydroxylation is 1. The molecule has 0 saturated heterocycles. The summed E-state index contributed by atoms with van der Waals surface area (Å²) in [6.07, 6.45) is 5.44. The molecule has 0 aliphatic carbocycles. The van der Waals surface area contributed by atoms with Crippen molar-refractivity contribution in [3.63, 3.8) is 0 Å². The van der Waals surface area contributed by atoms with Gasteiger partial charge < -0.3 is 9.64 Å². The van der Waals surface area contributed by atoms with Crippen LogP contribution >= 0.6 is 23.1 Å². The van der Waals surface area contributed by atoms with Gasteiger partial charge in [-0.2, -0.15) is 0 Å². The van der Waals surface area contributed by atoms with Crippen molar-refractivity contribution < 1.29 is 9.53 Å². The number of thiazole rings is 1. The molecule has 29 heavy (non-hydrogen) atoms. The number of aromatic nitrogens is 1. The Balaban J connectivity index is 1.61. The summed E-state index contributed by atoms with van der Waals surface area (Å²) in [7, 11) is 1.81. The molecule has 0 fully saturated rings. The average Bonchev–Trinajstić information content (AvgIpc) is 3.16. The van der Waals surface area contributed by atoms with Crippen molar-refractivity contribution in [2.45, 2.75) is 25.0 Å². The molecular weight excluding hydrogens is 400 g/mol. The zero-order chi connectivity index (χ0) is 20.6. The van der Waals surface area contributed by atoms with Crippen LogP contribution in [0.5, 0.6) is 5.75 Å². The van der Waals surface area contributed by atoms with E-state index >= 15 is 0 Å². The van der Waals surface area contributed by atoms with Crippen LogP contribution in [-0.2, 0) is 17.9 Å². The van der Waals surface area contributed by atoms with Gasteiger partial charge in [0, 0.05) is 35.5 Å². The predicted octanol–water partition coefficient (Wildman–Crippen LogP) is 5.42. The number of nitrogens with zero attached hydrogens (tertiary/aromatic N) is 2. The number of carbonyl (C=O) groups excluding carboxylic acids is 1. The predicted molar refractivity (Wildman–Crippen MR) is 121 cm³/mol. The summed E-state index contributed by atoms with van der Waals surface area (Å²) in [5.74, 6) is 0.682. The summed E-state index contributed by atoms with van der Waals surface area (Å²) < 4.78 is 5.91. The number of amides is 1. The molecule has 4 nitrogen and oxygen atoms in total. The van der Waals surface area contributed by atoms with Gasteiger partial charge in [0.1, 0.15) is 12.4 Å². The van der Waals surface area contributed by atoms with E-state index < -0.39 is 0 Å². The first kappa shape index (κ1) is 21.1. The Hall–Kier alpha value is -2.57. The zero-order valence-electron chi connectivity index (χ0n) is 16.8. The zero-order valence-corrected chi connectivity index (χ0v) is 18.4. The third-order valence-corrected chi connectivity index (χ3v) is 5.89. The molecular formula is C23H24N2O2S2. The van der Waals surface area contributed by atoms with Crippen LogP contribution in [0.25, 0.3) is 6.08 Å². The molecule has 3 rings (SSSR count). The van der Waals surface area contributed by atoms with Crippen molar-refractivity contribution in [1.82, 2.24) is 9.88 Å². The van der Waals surface area contributed by atoms with E-state index in [2.05, 4.69) is 35.5 Å². The monoisotopic (exact) mass is 424 g/mol. The highest BCUT2D eigenvalue weighted by Gasteiger charge is 2.08. The molecule has 6 heteroatoms. The Labute approximate surface area is 180 Å². The van der Waals surface area contributed by atoms with Crippen molar-refractivity contribution >= 4 is 35.1 Å². The summed E-state index contributed by atoms with van der Waals surface area (Å²) in [5.41, 5.74) is 2.88. The maximum absolute atomic E-state index is 12.5. The van der Waals surface area contributed by atoms with E-state index in [0.29, 0.717) is 13.2 Å². The quantitative estimate of drug-likeness (QED) is 0.357. The summed E-state index contributed by atoms with van der Waals surface area (Å²) >= 11 is 3.31. The molecule has 0 unspecified atom stereocenters. The summed E-state index contributed by atoms with van der Waals surface area (Å²) in [4.78, 5) is 19.9. The molecule has 1 heterocycles. The molecule has 0 radical (unpaired) electrons. The number of thioether (sulfide) groups is 1. The van der Waals surface area contributed by atoms with Crippen LogP contribution < -0.4 is 4.74 Å². The Morgan fingerprint density at radius 1 is 1.21 bits per heavy atom. The van der Waals surface area contributed by atoms with Crippen molar-refractivity contribution in [1.29, 1.82) is 0 Å². The van der Waals surface area contributed by atoms with Gasteiger partial charge in [0.15, 0.2) is 0 Å². The van der Waals surface area contributed by atoms with E-state index in [9.17, 15) is 4.79 Å². The number of rotatable bonds is 8. The second kappa shape index (κ2) is 10.3. The van der Waals surface area contributed by atoms with Gasteiger partial charge in [-0.15, -0.1) is 23.1 Å². The van der Waals surface area contributed by atoms with Crippen LogP contribution in [0, 0.1) is 6.92 Å². The number of hydrogen-bond donors (Lipinski definition) is 0. The number of ether oxygens (including phenoxy) is 1. The van der Waals surface area contributed by atoms with Crippen LogP contribution in [0.3, 0.4) is 0 Å². The van der Waals surface area contributed by atoms with E-state index in [-0.39, 0.29) is 5.91 Å². The van der Waals surface area contributed by atoms with Gasteiger partial charge in [-0.05, 0) is 43.0 Å². The van der Waals surface area contributed by atoms with Gasteiger partial charge in [0.2, 0.25) is 5.91 Å². The average molecular weight is 425 g/mol. The highest BCUT2D eigenvalue weighted by atomic mass is 32.2. The first-order valence-electron chi connectivity index (χ1n) is 9.24. The van der Waals surface area contributed by atoms with Crippen LogP contribution in [0.2, 0.25) is 0 Å². The summed E-state index contributed by atoms with van der Waals surface area (Å²) in [5, 5.41) is 3.02. The molecule has 0 saturated carbocycles. The molecule has 150 valence electrons. The minimum atomic E-state index is -0.0520. The third kappa shape index (κ3) is 6.21. The van der Waals surface area contributed by atoms with Gasteiger partial charge in [-0.1, -0.05) is 30.3 Å². The molecule has 0 bridgehead atoms. The number of hydrogen-bond acceptors (Lipinski definition) is 5. The number of para-hydroxylation sites is 1. The van der Waals surface area contributed by atoms with Gasteiger partial charge in [-0.25, -0.2) is 4.98 Å². The van der Waals surface area contributed by atoms with Gasteiger partial charge in [-0.3, -0.25) is 4.79 Å². The lowest BCUT2D eigenvalue weighted by Gasteiger charge is -2.15. The molecule has 2 aromatic carbocycles. The maximum Gasteiger partial charge on any atom is 0.246 e. The van der Waals surface area contributed by atoms with E-state index in [1.54, 1.807) is 40.2 Å². The van der Waals surface area contributed by atoms with Crippen molar-refractivity contribution in [3.05, 3.63) is 81.8 Å². The molecule has 3 aromatic rings. The van der Waals surface area contributed by atoms with Crippen LogP contribution in [0.4, 0.5) is 0 Å². The fourth-order valence-corrected chi connectivity index (χ4v) is 3.75. The van der Waals surface area contributed by atoms with E-state index in [1.807, 2.05) is 43.6 Å². The normalized spacial score (nSPS) is 11.0. The second-order valence-electron chi connectivity index (χ2n) is 6.56. The van der Waals surface area contributed by atoms with Crippen LogP contribution in [0.15, 0.2) is 64.9 Å². The largest absolute Gasteiger partial charge is 0.487 e. The fourth-order valence-electron chi connectivity index (χ4n) is 2.75. The maximum atomic E-state index is 12.5. The first-order valence-corrected chi connectivity index (χ1v) is 11.3. The van der Waals surface area contributed by atoms with Crippen molar-refractivity contribution in [3.8, 4) is 5.75 Å². The van der Waals surface area contributed by atoms with Crippen LogP contribution in [-0.4, -0.2) is 29.1 Å². The lowest BCUT2D eigenvalue weighted by Crippen LogP contribution is -2.24. The minimum Gasteiger partial charge on any atom is -0.487 e. The van der Waals surface area contributed by atoms with E-state index in [0.717, 1.165) is 27.6 Å². The molecule has 0 aliphatic heterocycles. The Kier molecular flexibility index (Phi) is 7.49. The van der Waals surface area contributed by atoms with Crippen LogP contribution in [0.1, 0.15) is 21.8 Å². The molecule has 1 amide bonds. The molecule has 0 aliphatic rings. The molecule has 0 N–H and O–H groups in total. The lowest BCUT2D eigenvalue weighted by molar-refractivity contribution is -0.125. The van der Waals surface area contributed by atoms with Gasteiger partial charge >= 0.3 is 0 Å². The van der Waals surface area contributed by atoms with Crippen molar-refractivity contribution in [2.24, 2.45) is 0 Å². The number of likely N-dealkylation sites (N-methyl/N-ethyl adjacent to an activating group) is 1.